The molecule has 0 amide bonds. The van der Waals surface area contributed by atoms with Gasteiger partial charge in [0.15, 0.2) is 0 Å². The molecule has 0 aromatic rings. The molecule has 19 heavy (non-hydrogen) atoms. The second-order valence-corrected chi connectivity index (χ2v) is 8.37. The van der Waals surface area contributed by atoms with E-state index in [2.05, 4.69) is 46.9 Å². The zero-order valence-corrected chi connectivity index (χ0v) is 13.9. The summed E-state index contributed by atoms with van der Waals surface area (Å²) in [5, 5.41) is 13.8. The molecular weight excluding hydrogens is 234 g/mol. The van der Waals surface area contributed by atoms with Crippen molar-refractivity contribution in [2.75, 3.05) is 0 Å². The van der Waals surface area contributed by atoms with E-state index in [4.69, 9.17) is 0 Å². The van der Waals surface area contributed by atoms with Crippen molar-refractivity contribution >= 4 is 0 Å². The molecule has 1 fully saturated rings. The monoisotopic (exact) mass is 269 g/mol. The molecule has 2 N–H and O–H groups in total. The number of aliphatic hydroxyl groups excluding tert-OH is 1. The second kappa shape index (κ2) is 6.58. The molecule has 0 radical (unpaired) electrons. The first-order valence-corrected chi connectivity index (χ1v) is 8.07. The van der Waals surface area contributed by atoms with E-state index in [1.165, 1.54) is 19.3 Å². The smallest absolute Gasteiger partial charge is 0.0540 e. The van der Waals surface area contributed by atoms with Crippen molar-refractivity contribution in [3.63, 3.8) is 0 Å². The van der Waals surface area contributed by atoms with Crippen molar-refractivity contribution in [1.29, 1.82) is 0 Å². The van der Waals surface area contributed by atoms with Gasteiger partial charge >= 0.3 is 0 Å². The molecule has 0 bridgehead atoms. The standard InChI is InChI=1S/C17H35NO/c1-13(2)7-9-15(19)10-8-14-11-16(3,4)18-17(5,6)12-14/h13-15,18-19H,7-12H2,1-6H3. The largest absolute Gasteiger partial charge is 0.393 e. The highest BCUT2D eigenvalue weighted by Gasteiger charge is 2.37. The van der Waals surface area contributed by atoms with Crippen LogP contribution in [0.2, 0.25) is 0 Å². The molecule has 0 saturated carbocycles. The van der Waals surface area contributed by atoms with Gasteiger partial charge < -0.3 is 10.4 Å². The molecule has 2 nitrogen and oxygen atoms in total. The van der Waals surface area contributed by atoms with Gasteiger partial charge in [-0.05, 0) is 78.1 Å². The molecular formula is C17H35NO. The quantitative estimate of drug-likeness (QED) is 0.760. The minimum atomic E-state index is -0.0940. The van der Waals surface area contributed by atoms with Crippen molar-refractivity contribution in [3.8, 4) is 0 Å². The zero-order chi connectivity index (χ0) is 14.7. The highest BCUT2D eigenvalue weighted by molar-refractivity contribution is 4.96. The van der Waals surface area contributed by atoms with E-state index in [-0.39, 0.29) is 17.2 Å². The number of aliphatic hydroxyl groups is 1. The molecule has 1 aliphatic heterocycles. The van der Waals surface area contributed by atoms with Crippen LogP contribution >= 0.6 is 0 Å². The first-order valence-electron chi connectivity index (χ1n) is 8.07. The maximum absolute atomic E-state index is 10.1. The summed E-state index contributed by atoms with van der Waals surface area (Å²) >= 11 is 0. The van der Waals surface area contributed by atoms with E-state index in [0.29, 0.717) is 5.92 Å². The fraction of sp³-hybridized carbons (Fsp3) is 1.00. The molecule has 1 unspecified atom stereocenters. The van der Waals surface area contributed by atoms with Gasteiger partial charge in [-0.25, -0.2) is 0 Å². The Morgan fingerprint density at radius 3 is 2.00 bits per heavy atom. The Labute approximate surface area is 120 Å². The fourth-order valence-electron chi connectivity index (χ4n) is 3.84. The van der Waals surface area contributed by atoms with Crippen molar-refractivity contribution < 1.29 is 5.11 Å². The molecule has 2 heteroatoms. The van der Waals surface area contributed by atoms with E-state index in [0.717, 1.165) is 25.2 Å². The SMILES string of the molecule is CC(C)CCC(O)CCC1CC(C)(C)NC(C)(C)C1. The van der Waals surface area contributed by atoms with E-state index in [1.807, 2.05) is 0 Å². The lowest BCUT2D eigenvalue weighted by Crippen LogP contribution is -2.57. The van der Waals surface area contributed by atoms with Gasteiger partial charge in [-0.3, -0.25) is 0 Å². The Morgan fingerprint density at radius 2 is 1.53 bits per heavy atom. The van der Waals surface area contributed by atoms with Crippen LogP contribution in [-0.4, -0.2) is 22.3 Å². The Kier molecular flexibility index (Phi) is 5.88. The lowest BCUT2D eigenvalue weighted by atomic mass is 9.74. The summed E-state index contributed by atoms with van der Waals surface area (Å²) in [5.41, 5.74) is 0.463. The van der Waals surface area contributed by atoms with Gasteiger partial charge in [-0.2, -0.15) is 0 Å². The van der Waals surface area contributed by atoms with Crippen LogP contribution in [0.5, 0.6) is 0 Å². The van der Waals surface area contributed by atoms with Crippen molar-refractivity contribution in [1.82, 2.24) is 5.32 Å². The number of hydrogen-bond acceptors (Lipinski definition) is 2. The zero-order valence-electron chi connectivity index (χ0n) is 13.9. The second-order valence-electron chi connectivity index (χ2n) is 8.37. The van der Waals surface area contributed by atoms with Crippen LogP contribution in [0.15, 0.2) is 0 Å². The summed E-state index contributed by atoms with van der Waals surface area (Å²) in [4.78, 5) is 0. The van der Waals surface area contributed by atoms with Gasteiger partial charge in [0.25, 0.3) is 0 Å². The third kappa shape index (κ3) is 6.76. The maximum Gasteiger partial charge on any atom is 0.0540 e. The van der Waals surface area contributed by atoms with Gasteiger partial charge in [-0.15, -0.1) is 0 Å². The molecule has 1 aliphatic rings. The average molecular weight is 269 g/mol. The molecule has 0 aromatic carbocycles. The van der Waals surface area contributed by atoms with Gasteiger partial charge in [-0.1, -0.05) is 13.8 Å². The maximum atomic E-state index is 10.1. The van der Waals surface area contributed by atoms with Crippen molar-refractivity contribution in [2.45, 2.75) is 97.2 Å². The average Bonchev–Trinajstić information content (AvgIpc) is 2.19. The van der Waals surface area contributed by atoms with Crippen LogP contribution in [-0.2, 0) is 0 Å². The lowest BCUT2D eigenvalue weighted by Gasteiger charge is -2.46. The molecule has 114 valence electrons. The van der Waals surface area contributed by atoms with Crippen LogP contribution in [0.4, 0.5) is 0 Å². The Morgan fingerprint density at radius 1 is 1.00 bits per heavy atom. The summed E-state index contributed by atoms with van der Waals surface area (Å²) < 4.78 is 0. The van der Waals surface area contributed by atoms with E-state index >= 15 is 0 Å². The minimum absolute atomic E-state index is 0.0940. The topological polar surface area (TPSA) is 32.3 Å². The molecule has 1 rings (SSSR count). The van der Waals surface area contributed by atoms with Gasteiger partial charge in [0, 0.05) is 11.1 Å². The number of nitrogens with one attached hydrogen (secondary N) is 1. The van der Waals surface area contributed by atoms with Crippen LogP contribution in [0.1, 0.15) is 80.1 Å². The summed E-state index contributed by atoms with van der Waals surface area (Å²) in [6.07, 6.45) is 6.63. The normalized spacial score (nSPS) is 24.6. The predicted octanol–water partition coefficient (Wildman–Crippen LogP) is 4.12. The Hall–Kier alpha value is -0.0800. The summed E-state index contributed by atoms with van der Waals surface area (Å²) in [6.45, 7) is 13.7. The predicted molar refractivity (Wildman–Crippen MR) is 83.3 cm³/mol. The summed E-state index contributed by atoms with van der Waals surface area (Å²) in [7, 11) is 0. The number of piperidine rings is 1. The molecule has 0 aromatic heterocycles. The third-order valence-corrected chi connectivity index (χ3v) is 4.26. The Balaban J connectivity index is 2.36. The van der Waals surface area contributed by atoms with Gasteiger partial charge in [0.2, 0.25) is 0 Å². The third-order valence-electron chi connectivity index (χ3n) is 4.26. The van der Waals surface area contributed by atoms with Gasteiger partial charge in [0.05, 0.1) is 6.10 Å². The van der Waals surface area contributed by atoms with Crippen molar-refractivity contribution in [2.24, 2.45) is 11.8 Å². The van der Waals surface area contributed by atoms with Crippen LogP contribution in [0.3, 0.4) is 0 Å². The fourth-order valence-corrected chi connectivity index (χ4v) is 3.84. The van der Waals surface area contributed by atoms with Crippen molar-refractivity contribution in [3.05, 3.63) is 0 Å². The highest BCUT2D eigenvalue weighted by atomic mass is 16.3. The van der Waals surface area contributed by atoms with Crippen LogP contribution in [0, 0.1) is 11.8 Å². The Bertz CT molecular complexity index is 254. The van der Waals surface area contributed by atoms with E-state index in [1.54, 1.807) is 0 Å². The summed E-state index contributed by atoms with van der Waals surface area (Å²) in [6, 6.07) is 0. The number of rotatable bonds is 6. The molecule has 1 atom stereocenters. The van der Waals surface area contributed by atoms with Crippen LogP contribution < -0.4 is 5.32 Å². The first kappa shape index (κ1) is 17.0. The molecule has 1 heterocycles. The van der Waals surface area contributed by atoms with Gasteiger partial charge in [0.1, 0.15) is 0 Å². The van der Waals surface area contributed by atoms with Crippen LogP contribution in [0.25, 0.3) is 0 Å². The minimum Gasteiger partial charge on any atom is -0.393 e. The molecule has 0 spiro atoms. The highest BCUT2D eigenvalue weighted by Crippen LogP contribution is 2.35. The number of hydrogen-bond donors (Lipinski definition) is 2. The first-order chi connectivity index (χ1) is 8.60. The lowest BCUT2D eigenvalue weighted by molar-refractivity contribution is 0.0961. The molecule has 0 aliphatic carbocycles. The van der Waals surface area contributed by atoms with E-state index < -0.39 is 0 Å². The van der Waals surface area contributed by atoms with E-state index in [9.17, 15) is 5.11 Å². The summed E-state index contributed by atoms with van der Waals surface area (Å²) in [5.74, 6) is 1.45. The molecule has 1 saturated heterocycles.